The standard InChI is InChI=1S/C28H27N3O7/c1-15-9-21-25(28(32)31(15)8-7-16-5-6-19(33-2)20(10-16)34-3)24(18(13-29)27(30)38-21)17-11-22(35-4)26-23(12-17)36-14-37-26/h5-6,9-12,24H,7-8,14,30H2,1-4H3. The third-order valence-corrected chi connectivity index (χ3v) is 6.78. The molecule has 0 fully saturated rings. The van der Waals surface area contributed by atoms with E-state index in [4.69, 9.17) is 34.2 Å². The van der Waals surface area contributed by atoms with Crippen LogP contribution in [-0.4, -0.2) is 32.7 Å². The molecule has 2 N–H and O–H groups in total. The van der Waals surface area contributed by atoms with Crippen LogP contribution in [0.4, 0.5) is 0 Å². The molecular formula is C28H27N3O7. The molecule has 0 saturated carbocycles. The third kappa shape index (κ3) is 4.12. The molecule has 1 aromatic heterocycles. The normalized spacial score (nSPS) is 15.4. The van der Waals surface area contributed by atoms with E-state index in [-0.39, 0.29) is 23.8 Å². The molecule has 0 aliphatic carbocycles. The Kier molecular flexibility index (Phi) is 6.51. The Hall–Kier alpha value is -4.78. The van der Waals surface area contributed by atoms with Crippen molar-refractivity contribution >= 4 is 0 Å². The van der Waals surface area contributed by atoms with Crippen molar-refractivity contribution in [1.29, 1.82) is 5.26 Å². The lowest BCUT2D eigenvalue weighted by Gasteiger charge is -2.27. The van der Waals surface area contributed by atoms with Crippen molar-refractivity contribution < 1.29 is 28.4 Å². The van der Waals surface area contributed by atoms with E-state index in [2.05, 4.69) is 6.07 Å². The Balaban J connectivity index is 1.59. The van der Waals surface area contributed by atoms with Crippen LogP contribution in [-0.2, 0) is 13.0 Å². The lowest BCUT2D eigenvalue weighted by Crippen LogP contribution is -2.33. The molecule has 3 aromatic rings. The fraction of sp³-hybridized carbons (Fsp3) is 0.286. The summed E-state index contributed by atoms with van der Waals surface area (Å²) >= 11 is 0. The smallest absolute Gasteiger partial charge is 0.258 e. The maximum Gasteiger partial charge on any atom is 0.258 e. The fourth-order valence-corrected chi connectivity index (χ4v) is 4.89. The summed E-state index contributed by atoms with van der Waals surface area (Å²) in [5.41, 5.74) is 8.60. The summed E-state index contributed by atoms with van der Waals surface area (Å²) in [7, 11) is 4.68. The van der Waals surface area contributed by atoms with Crippen LogP contribution in [0.2, 0.25) is 0 Å². The largest absolute Gasteiger partial charge is 0.493 e. The number of methoxy groups -OCH3 is 3. The number of benzene rings is 2. The summed E-state index contributed by atoms with van der Waals surface area (Å²) in [6.45, 7) is 2.27. The molecule has 0 bridgehead atoms. The second-order valence-corrected chi connectivity index (χ2v) is 8.84. The Morgan fingerprint density at radius 1 is 1.03 bits per heavy atom. The predicted molar refractivity (Wildman–Crippen MR) is 137 cm³/mol. The van der Waals surface area contributed by atoms with E-state index < -0.39 is 5.92 Å². The Labute approximate surface area is 219 Å². The summed E-state index contributed by atoms with van der Waals surface area (Å²) in [6, 6.07) is 13.0. The predicted octanol–water partition coefficient (Wildman–Crippen LogP) is 3.37. The topological polar surface area (TPSA) is 127 Å². The second kappa shape index (κ2) is 9.94. The third-order valence-electron chi connectivity index (χ3n) is 6.78. The van der Waals surface area contributed by atoms with Crippen molar-refractivity contribution in [2.75, 3.05) is 28.1 Å². The molecule has 196 valence electrons. The molecular weight excluding hydrogens is 490 g/mol. The molecule has 10 nitrogen and oxygen atoms in total. The molecule has 0 spiro atoms. The summed E-state index contributed by atoms with van der Waals surface area (Å²) < 4.78 is 34.8. The number of nitrogens with zero attached hydrogens (tertiary/aromatic N) is 2. The van der Waals surface area contributed by atoms with Gasteiger partial charge in [-0.05, 0) is 48.7 Å². The van der Waals surface area contributed by atoms with Gasteiger partial charge in [0.05, 0.1) is 32.8 Å². The highest BCUT2D eigenvalue weighted by molar-refractivity contribution is 5.61. The molecule has 5 rings (SSSR count). The van der Waals surface area contributed by atoms with Crippen molar-refractivity contribution in [1.82, 2.24) is 4.57 Å². The number of nitriles is 1. The molecule has 0 amide bonds. The number of rotatable bonds is 7. The summed E-state index contributed by atoms with van der Waals surface area (Å²) in [4.78, 5) is 14.0. The van der Waals surface area contributed by atoms with Gasteiger partial charge in [0.1, 0.15) is 17.4 Å². The number of nitrogens with two attached hydrogens (primary N) is 1. The highest BCUT2D eigenvalue weighted by atomic mass is 16.7. The SMILES string of the molecule is COc1ccc(CCn2c(C)cc3c(c2=O)C(c2cc(OC)c4c(c2)OCO4)C(C#N)=C(N)O3)cc1OC. The minimum atomic E-state index is -0.785. The highest BCUT2D eigenvalue weighted by Crippen LogP contribution is 2.47. The molecule has 2 aliphatic heterocycles. The summed E-state index contributed by atoms with van der Waals surface area (Å²) in [5, 5.41) is 10.0. The van der Waals surface area contributed by atoms with Crippen LogP contribution in [0.1, 0.15) is 28.3 Å². The first kappa shape index (κ1) is 24.9. The van der Waals surface area contributed by atoms with Gasteiger partial charge in [0.25, 0.3) is 5.56 Å². The van der Waals surface area contributed by atoms with E-state index in [1.807, 2.05) is 25.1 Å². The van der Waals surface area contributed by atoms with Crippen LogP contribution in [0, 0.1) is 18.3 Å². The fourth-order valence-electron chi connectivity index (χ4n) is 4.89. The van der Waals surface area contributed by atoms with Gasteiger partial charge in [-0.25, -0.2) is 0 Å². The first-order valence-electron chi connectivity index (χ1n) is 11.9. The number of allylic oxidation sites excluding steroid dienone is 1. The molecule has 2 aromatic carbocycles. The van der Waals surface area contributed by atoms with Gasteiger partial charge in [-0.3, -0.25) is 4.79 Å². The second-order valence-electron chi connectivity index (χ2n) is 8.84. The van der Waals surface area contributed by atoms with Crippen LogP contribution < -0.4 is 39.7 Å². The van der Waals surface area contributed by atoms with Crippen molar-refractivity contribution in [2.45, 2.75) is 25.8 Å². The minimum absolute atomic E-state index is 0.0464. The van der Waals surface area contributed by atoms with Crippen LogP contribution in [0.25, 0.3) is 0 Å². The molecule has 2 aliphatic rings. The zero-order valence-electron chi connectivity index (χ0n) is 21.5. The molecule has 0 saturated heterocycles. The van der Waals surface area contributed by atoms with Crippen molar-refractivity contribution in [3.63, 3.8) is 0 Å². The lowest BCUT2D eigenvalue weighted by molar-refractivity contribution is 0.171. The average molecular weight is 518 g/mol. The zero-order chi connectivity index (χ0) is 27.0. The number of ether oxygens (including phenoxy) is 6. The van der Waals surface area contributed by atoms with E-state index in [0.29, 0.717) is 64.3 Å². The van der Waals surface area contributed by atoms with Gasteiger partial charge in [0.2, 0.25) is 18.4 Å². The first-order chi connectivity index (χ1) is 18.4. The van der Waals surface area contributed by atoms with Crippen molar-refractivity contribution in [3.05, 3.63) is 80.6 Å². The Morgan fingerprint density at radius 2 is 1.79 bits per heavy atom. The maximum atomic E-state index is 14.0. The van der Waals surface area contributed by atoms with Crippen molar-refractivity contribution in [3.8, 4) is 40.6 Å². The molecule has 0 radical (unpaired) electrons. The van der Waals surface area contributed by atoms with Gasteiger partial charge in [-0.1, -0.05) is 6.07 Å². The molecule has 1 unspecified atom stereocenters. The minimum Gasteiger partial charge on any atom is -0.493 e. The van der Waals surface area contributed by atoms with E-state index in [9.17, 15) is 10.1 Å². The number of pyridine rings is 1. The maximum absolute atomic E-state index is 14.0. The van der Waals surface area contributed by atoms with Crippen LogP contribution in [0.5, 0.6) is 34.5 Å². The van der Waals surface area contributed by atoms with E-state index in [1.54, 1.807) is 37.0 Å². The van der Waals surface area contributed by atoms with E-state index >= 15 is 0 Å². The zero-order valence-corrected chi connectivity index (χ0v) is 21.5. The quantitative estimate of drug-likeness (QED) is 0.502. The summed E-state index contributed by atoms with van der Waals surface area (Å²) in [6.07, 6.45) is 0.562. The van der Waals surface area contributed by atoms with Gasteiger partial charge >= 0.3 is 0 Å². The van der Waals surface area contributed by atoms with Gasteiger partial charge in [0, 0.05) is 18.3 Å². The molecule has 1 atom stereocenters. The summed E-state index contributed by atoms with van der Waals surface area (Å²) in [5.74, 6) is 2.08. The molecule has 38 heavy (non-hydrogen) atoms. The van der Waals surface area contributed by atoms with Crippen LogP contribution in [0.3, 0.4) is 0 Å². The Morgan fingerprint density at radius 3 is 2.50 bits per heavy atom. The molecule has 10 heteroatoms. The number of fused-ring (bicyclic) bond motifs is 2. The number of aryl methyl sites for hydroxylation is 2. The van der Waals surface area contributed by atoms with Crippen LogP contribution >= 0.6 is 0 Å². The molecule has 3 heterocycles. The Bertz CT molecular complexity index is 1550. The van der Waals surface area contributed by atoms with E-state index in [0.717, 1.165) is 5.56 Å². The van der Waals surface area contributed by atoms with Gasteiger partial charge in [0.15, 0.2) is 23.0 Å². The first-order valence-corrected chi connectivity index (χ1v) is 11.9. The average Bonchev–Trinajstić information content (AvgIpc) is 3.40. The highest BCUT2D eigenvalue weighted by Gasteiger charge is 2.36. The lowest BCUT2D eigenvalue weighted by atomic mass is 9.83. The van der Waals surface area contributed by atoms with Crippen LogP contribution in [0.15, 0.2) is 52.6 Å². The monoisotopic (exact) mass is 517 g/mol. The van der Waals surface area contributed by atoms with Gasteiger partial charge in [-0.15, -0.1) is 0 Å². The van der Waals surface area contributed by atoms with Gasteiger partial charge in [-0.2, -0.15) is 5.26 Å². The number of aromatic nitrogens is 1. The number of hydrogen-bond acceptors (Lipinski definition) is 9. The van der Waals surface area contributed by atoms with Crippen molar-refractivity contribution in [2.24, 2.45) is 5.73 Å². The number of hydrogen-bond donors (Lipinski definition) is 1. The van der Waals surface area contributed by atoms with E-state index in [1.165, 1.54) is 7.11 Å². The van der Waals surface area contributed by atoms with Gasteiger partial charge < -0.3 is 38.7 Å².